The van der Waals surface area contributed by atoms with E-state index in [-0.39, 0.29) is 0 Å². The van der Waals surface area contributed by atoms with Crippen LogP contribution in [-0.2, 0) is 19.1 Å². The van der Waals surface area contributed by atoms with Crippen molar-refractivity contribution < 1.29 is 42.9 Å². The van der Waals surface area contributed by atoms with E-state index in [2.05, 4.69) is 16.7 Å². The number of nitrogens with zero attached hydrogens (tertiary/aromatic N) is 1. The Morgan fingerprint density at radius 2 is 1.35 bits per heavy atom. The quantitative estimate of drug-likeness (QED) is 0.151. The maximum absolute atomic E-state index is 13.0. The zero-order chi connectivity index (χ0) is 23.1. The van der Waals surface area contributed by atoms with Crippen LogP contribution in [0.15, 0.2) is 66.9 Å². The summed E-state index contributed by atoms with van der Waals surface area (Å²) in [5, 5.41) is 0. The molecule has 3 aromatic rings. The van der Waals surface area contributed by atoms with Crippen molar-refractivity contribution in [3.63, 3.8) is 0 Å². The Labute approximate surface area is 171 Å². The van der Waals surface area contributed by atoms with Crippen LogP contribution in [0.1, 0.15) is 22.4 Å². The molecule has 1 nitrogen and oxygen atoms in total. The van der Waals surface area contributed by atoms with Crippen LogP contribution < -0.4 is 4.57 Å². The molecular formula is C20H15F9NP. The van der Waals surface area contributed by atoms with Gasteiger partial charge in [-0.2, -0.15) is 17.7 Å². The number of hydrogen-bond donors (Lipinski definition) is 0. The van der Waals surface area contributed by atoms with E-state index >= 15 is 0 Å². The average molecular weight is 471 g/mol. The molecule has 1 aromatic heterocycles. The van der Waals surface area contributed by atoms with Crippen LogP contribution in [0.4, 0.5) is 38.4 Å². The van der Waals surface area contributed by atoms with E-state index in [4.69, 9.17) is 0 Å². The summed E-state index contributed by atoms with van der Waals surface area (Å²) in [5.41, 5.74) is 4.40. The van der Waals surface area contributed by atoms with E-state index in [0.717, 1.165) is 30.3 Å². The number of aromatic nitrogens is 1. The van der Waals surface area contributed by atoms with Crippen molar-refractivity contribution in [1.82, 2.24) is 0 Å². The van der Waals surface area contributed by atoms with E-state index in [9.17, 15) is 38.4 Å². The number of benzene rings is 2. The molecule has 0 saturated carbocycles. The Kier molecular flexibility index (Phi) is 5.17. The Hall–Kier alpha value is -2.61. The first-order valence-corrected chi connectivity index (χ1v) is 10.8. The molecule has 168 valence electrons. The van der Waals surface area contributed by atoms with Gasteiger partial charge in [-0.15, -0.1) is 0 Å². The van der Waals surface area contributed by atoms with Crippen molar-refractivity contribution in [1.29, 1.82) is 0 Å². The fourth-order valence-corrected chi connectivity index (χ4v) is 3.30. The summed E-state index contributed by atoms with van der Waals surface area (Å²) in [7, 11) is -10.7. The van der Waals surface area contributed by atoms with Crippen molar-refractivity contribution in [3.05, 3.63) is 89.2 Å². The van der Waals surface area contributed by atoms with Gasteiger partial charge in [0.1, 0.15) is 0 Å². The van der Waals surface area contributed by atoms with E-state index in [1.54, 1.807) is 6.07 Å². The number of rotatable bonds is 1. The molecule has 0 unspecified atom stereocenters. The number of halogens is 9. The molecule has 2 aromatic carbocycles. The van der Waals surface area contributed by atoms with Crippen LogP contribution in [0.5, 0.6) is 0 Å². The van der Waals surface area contributed by atoms with Crippen LogP contribution >= 0.6 is 7.81 Å². The second-order valence-electron chi connectivity index (χ2n) is 6.98. The summed E-state index contributed by atoms with van der Waals surface area (Å²) in [4.78, 5) is 0. The van der Waals surface area contributed by atoms with E-state index in [0.29, 0.717) is 5.56 Å². The summed E-state index contributed by atoms with van der Waals surface area (Å²) in [6.45, 7) is 0.748. The molecule has 1 aliphatic rings. The SMILES string of the molecule is FC(F)(F)c1cccc(-c2ccc[n+]3c2Cc2ccccc2C3)c1.F[P-](F)(F)(F)(F)F. The van der Waals surface area contributed by atoms with Crippen molar-refractivity contribution in [2.75, 3.05) is 0 Å². The number of pyridine rings is 1. The molecule has 1 aliphatic heterocycles. The van der Waals surface area contributed by atoms with Gasteiger partial charge in [0.2, 0.25) is 0 Å². The predicted octanol–water partition coefficient (Wildman–Crippen LogP) is 7.99. The van der Waals surface area contributed by atoms with Crippen molar-refractivity contribution in [2.45, 2.75) is 19.1 Å². The molecule has 0 radical (unpaired) electrons. The molecule has 0 aliphatic carbocycles. The molecule has 31 heavy (non-hydrogen) atoms. The van der Waals surface area contributed by atoms with Crippen LogP contribution in [0.2, 0.25) is 0 Å². The molecule has 4 rings (SSSR count). The predicted molar refractivity (Wildman–Crippen MR) is 99.0 cm³/mol. The molecule has 0 atom stereocenters. The third-order valence-electron chi connectivity index (χ3n) is 4.50. The molecule has 0 bridgehead atoms. The minimum absolute atomic E-state index is 0.605. The second kappa shape index (κ2) is 6.95. The van der Waals surface area contributed by atoms with Gasteiger partial charge in [0.05, 0.1) is 12.0 Å². The van der Waals surface area contributed by atoms with Crippen molar-refractivity contribution in [3.8, 4) is 11.1 Å². The molecule has 0 amide bonds. The summed E-state index contributed by atoms with van der Waals surface area (Å²) in [6.07, 6.45) is -1.62. The number of fused-ring (bicyclic) bond motifs is 2. The zero-order valence-electron chi connectivity index (χ0n) is 15.6. The Bertz CT molecular complexity index is 1110. The summed E-state index contributed by atoms with van der Waals surface area (Å²) in [5.74, 6) is 0. The van der Waals surface area contributed by atoms with Gasteiger partial charge in [-0.3, -0.25) is 0 Å². The van der Waals surface area contributed by atoms with Gasteiger partial charge in [-0.25, -0.2) is 0 Å². The topological polar surface area (TPSA) is 3.88 Å². The van der Waals surface area contributed by atoms with Gasteiger partial charge in [-0.05, 0) is 29.3 Å². The zero-order valence-corrected chi connectivity index (χ0v) is 16.5. The third-order valence-corrected chi connectivity index (χ3v) is 4.50. The van der Waals surface area contributed by atoms with Crippen LogP contribution in [0.25, 0.3) is 11.1 Å². The van der Waals surface area contributed by atoms with Gasteiger partial charge in [0.15, 0.2) is 18.4 Å². The Balaban J connectivity index is 0.000000339. The summed E-state index contributed by atoms with van der Waals surface area (Å²) >= 11 is 0. The standard InChI is InChI=1S/C20H15F3N.F6P/c21-20(22,23)17-8-3-7-15(11-17)18-9-4-10-24-13-16-6-2-1-5-14(16)12-19(18)24;1-7(2,3,4,5)6/h1-11H,12-13H2;/q+1;-1. The van der Waals surface area contributed by atoms with Crippen LogP contribution in [-0.4, -0.2) is 0 Å². The van der Waals surface area contributed by atoms with Gasteiger partial charge < -0.3 is 0 Å². The van der Waals surface area contributed by atoms with E-state index in [1.807, 2.05) is 30.5 Å². The molecule has 0 N–H and O–H groups in total. The van der Waals surface area contributed by atoms with Crippen LogP contribution in [0, 0.1) is 0 Å². The van der Waals surface area contributed by atoms with Crippen LogP contribution in [0.3, 0.4) is 0 Å². The fourth-order valence-electron chi connectivity index (χ4n) is 3.30. The third kappa shape index (κ3) is 6.95. The maximum atomic E-state index is 13.0. The Morgan fingerprint density at radius 3 is 1.97 bits per heavy atom. The monoisotopic (exact) mass is 471 g/mol. The minimum atomic E-state index is -10.7. The van der Waals surface area contributed by atoms with Crippen molar-refractivity contribution >= 4 is 7.81 Å². The first kappa shape index (κ1) is 23.1. The van der Waals surface area contributed by atoms with Gasteiger partial charge in [0.25, 0.3) is 0 Å². The molecular weight excluding hydrogens is 456 g/mol. The Morgan fingerprint density at radius 1 is 0.742 bits per heavy atom. The van der Waals surface area contributed by atoms with Gasteiger partial charge in [-0.1, -0.05) is 36.4 Å². The van der Waals surface area contributed by atoms with E-state index in [1.165, 1.54) is 23.3 Å². The van der Waals surface area contributed by atoms with E-state index < -0.39 is 19.5 Å². The molecule has 0 saturated heterocycles. The summed E-state index contributed by atoms with van der Waals surface area (Å²) in [6, 6.07) is 17.6. The molecule has 2 heterocycles. The van der Waals surface area contributed by atoms with Gasteiger partial charge >= 0.3 is 39.2 Å². The van der Waals surface area contributed by atoms with Gasteiger partial charge in [0, 0.05) is 17.2 Å². The number of hydrogen-bond acceptors (Lipinski definition) is 0. The first-order valence-electron chi connectivity index (χ1n) is 8.79. The number of alkyl halides is 3. The molecule has 0 fully saturated rings. The molecule has 0 spiro atoms. The molecule has 11 heteroatoms. The normalized spacial score (nSPS) is 15.5. The fraction of sp³-hybridized carbons (Fsp3) is 0.150. The average Bonchev–Trinajstić information content (AvgIpc) is 2.63. The van der Waals surface area contributed by atoms with Crippen molar-refractivity contribution in [2.24, 2.45) is 0 Å². The summed E-state index contributed by atoms with van der Waals surface area (Å²) < 4.78 is 100. The first-order chi connectivity index (χ1) is 14.0. The second-order valence-corrected chi connectivity index (χ2v) is 8.90.